The summed E-state index contributed by atoms with van der Waals surface area (Å²) in [5, 5.41) is 2.51. The highest BCUT2D eigenvalue weighted by molar-refractivity contribution is 5.88. The molecular weight excluding hydrogens is 180 g/mol. The number of urea groups is 1. The molecule has 0 aromatic heterocycles. The molecule has 0 bridgehead atoms. The van der Waals surface area contributed by atoms with Gasteiger partial charge in [-0.2, -0.15) is 0 Å². The van der Waals surface area contributed by atoms with Crippen LogP contribution in [0.1, 0.15) is 12.0 Å². The van der Waals surface area contributed by atoms with Crippen LogP contribution in [0, 0.1) is 0 Å². The van der Waals surface area contributed by atoms with E-state index in [4.69, 9.17) is 5.73 Å². The summed E-state index contributed by atoms with van der Waals surface area (Å²) in [6.45, 7) is 0. The molecule has 14 heavy (non-hydrogen) atoms. The van der Waals surface area contributed by atoms with Crippen molar-refractivity contribution < 1.29 is 9.59 Å². The van der Waals surface area contributed by atoms with Crippen LogP contribution >= 0.6 is 0 Å². The molecule has 1 aromatic rings. The first-order chi connectivity index (χ1) is 6.74. The zero-order valence-corrected chi connectivity index (χ0v) is 7.69. The maximum Gasteiger partial charge on any atom is 0.316 e. The molecule has 0 saturated carbocycles. The van der Waals surface area contributed by atoms with E-state index in [9.17, 15) is 9.59 Å². The first-order valence-electron chi connectivity index (χ1n) is 4.32. The van der Waals surface area contributed by atoms with Gasteiger partial charge in [0, 0.05) is 12.1 Å². The molecule has 1 rings (SSSR count). The van der Waals surface area contributed by atoms with Gasteiger partial charge in [0.25, 0.3) is 0 Å². The van der Waals surface area contributed by atoms with Crippen molar-refractivity contribution in [2.24, 2.45) is 5.73 Å². The van der Waals surface area contributed by atoms with Crippen molar-refractivity contribution in [1.29, 1.82) is 0 Å². The molecule has 0 heterocycles. The molecular formula is C10H12N2O2. The number of aldehydes is 1. The highest BCUT2D eigenvalue weighted by Gasteiger charge is 2.02. The lowest BCUT2D eigenvalue weighted by Gasteiger charge is -2.07. The van der Waals surface area contributed by atoms with Gasteiger partial charge >= 0.3 is 6.03 Å². The van der Waals surface area contributed by atoms with E-state index in [0.29, 0.717) is 18.5 Å². The van der Waals surface area contributed by atoms with Crippen LogP contribution in [0.15, 0.2) is 24.3 Å². The summed E-state index contributed by atoms with van der Waals surface area (Å²) >= 11 is 0. The van der Waals surface area contributed by atoms with Crippen molar-refractivity contribution in [3.05, 3.63) is 29.8 Å². The third-order valence-electron chi connectivity index (χ3n) is 1.81. The second-order valence-corrected chi connectivity index (χ2v) is 2.85. The number of nitrogens with one attached hydrogen (secondary N) is 1. The largest absolute Gasteiger partial charge is 0.351 e. The van der Waals surface area contributed by atoms with Gasteiger partial charge in [0.2, 0.25) is 0 Å². The number of amides is 2. The molecule has 74 valence electrons. The fourth-order valence-corrected chi connectivity index (χ4v) is 1.21. The van der Waals surface area contributed by atoms with Crippen molar-refractivity contribution in [3.63, 3.8) is 0 Å². The van der Waals surface area contributed by atoms with Crippen LogP contribution in [0.2, 0.25) is 0 Å². The summed E-state index contributed by atoms with van der Waals surface area (Å²) < 4.78 is 0. The number of aryl methyl sites for hydroxylation is 1. The van der Waals surface area contributed by atoms with Crippen molar-refractivity contribution in [3.8, 4) is 0 Å². The zero-order chi connectivity index (χ0) is 10.4. The van der Waals surface area contributed by atoms with E-state index in [-0.39, 0.29) is 0 Å². The molecule has 4 nitrogen and oxygen atoms in total. The normalized spacial score (nSPS) is 9.43. The Kier molecular flexibility index (Phi) is 3.67. The van der Waals surface area contributed by atoms with Crippen LogP contribution in [0.25, 0.3) is 0 Å². The van der Waals surface area contributed by atoms with Gasteiger partial charge in [-0.15, -0.1) is 0 Å². The molecule has 0 spiro atoms. The van der Waals surface area contributed by atoms with Crippen molar-refractivity contribution in [2.45, 2.75) is 12.8 Å². The van der Waals surface area contributed by atoms with Crippen molar-refractivity contribution in [1.82, 2.24) is 0 Å². The summed E-state index contributed by atoms with van der Waals surface area (Å²) in [5.74, 6) is 0. The number of para-hydroxylation sites is 1. The maximum atomic E-state index is 10.6. The Morgan fingerprint density at radius 3 is 2.79 bits per heavy atom. The molecule has 4 heteroatoms. The minimum absolute atomic E-state index is 0.442. The Hall–Kier alpha value is -1.84. The summed E-state index contributed by atoms with van der Waals surface area (Å²) in [5.41, 5.74) is 6.59. The number of rotatable bonds is 4. The zero-order valence-electron chi connectivity index (χ0n) is 7.69. The molecule has 0 aliphatic carbocycles. The lowest BCUT2D eigenvalue weighted by molar-refractivity contribution is -0.107. The number of hydrogen-bond donors (Lipinski definition) is 2. The van der Waals surface area contributed by atoms with Gasteiger partial charge in [0.05, 0.1) is 0 Å². The Labute approximate surface area is 82.1 Å². The van der Waals surface area contributed by atoms with E-state index in [1.165, 1.54) is 0 Å². The first-order valence-corrected chi connectivity index (χ1v) is 4.32. The van der Waals surface area contributed by atoms with Gasteiger partial charge in [0.1, 0.15) is 6.29 Å². The quantitative estimate of drug-likeness (QED) is 0.706. The van der Waals surface area contributed by atoms with E-state index in [1.54, 1.807) is 12.1 Å². The molecule has 2 amide bonds. The van der Waals surface area contributed by atoms with E-state index < -0.39 is 6.03 Å². The van der Waals surface area contributed by atoms with Crippen LogP contribution in [-0.4, -0.2) is 12.3 Å². The van der Waals surface area contributed by atoms with Gasteiger partial charge in [-0.1, -0.05) is 18.2 Å². The van der Waals surface area contributed by atoms with Gasteiger partial charge < -0.3 is 15.8 Å². The summed E-state index contributed by atoms with van der Waals surface area (Å²) in [4.78, 5) is 20.8. The first kappa shape index (κ1) is 10.2. The molecule has 0 unspecified atom stereocenters. The second-order valence-electron chi connectivity index (χ2n) is 2.85. The third kappa shape index (κ3) is 2.90. The maximum absolute atomic E-state index is 10.6. The van der Waals surface area contributed by atoms with E-state index in [1.807, 2.05) is 12.1 Å². The molecule has 0 aliphatic heterocycles. The van der Waals surface area contributed by atoms with E-state index in [2.05, 4.69) is 5.32 Å². The van der Waals surface area contributed by atoms with E-state index >= 15 is 0 Å². The molecule has 3 N–H and O–H groups in total. The number of hydrogen-bond acceptors (Lipinski definition) is 2. The minimum Gasteiger partial charge on any atom is -0.351 e. The van der Waals surface area contributed by atoms with Crippen LogP contribution in [0.5, 0.6) is 0 Å². The molecule has 0 radical (unpaired) electrons. The van der Waals surface area contributed by atoms with Gasteiger partial charge in [-0.25, -0.2) is 4.79 Å². The predicted octanol–water partition coefficient (Wildman–Crippen LogP) is 1.31. The Morgan fingerprint density at radius 2 is 2.14 bits per heavy atom. The lowest BCUT2D eigenvalue weighted by atomic mass is 10.1. The number of carbonyl (C=O) groups excluding carboxylic acids is 2. The van der Waals surface area contributed by atoms with Crippen LogP contribution in [-0.2, 0) is 11.2 Å². The van der Waals surface area contributed by atoms with Crippen molar-refractivity contribution in [2.75, 3.05) is 5.32 Å². The fourth-order valence-electron chi connectivity index (χ4n) is 1.21. The Bertz CT molecular complexity index is 337. The van der Waals surface area contributed by atoms with E-state index in [0.717, 1.165) is 11.8 Å². The Morgan fingerprint density at radius 1 is 1.43 bits per heavy atom. The highest BCUT2D eigenvalue weighted by Crippen LogP contribution is 2.15. The topological polar surface area (TPSA) is 72.2 Å². The molecule has 1 aromatic carbocycles. The van der Waals surface area contributed by atoms with Crippen LogP contribution < -0.4 is 11.1 Å². The van der Waals surface area contributed by atoms with Crippen LogP contribution in [0.3, 0.4) is 0 Å². The molecule has 0 atom stereocenters. The third-order valence-corrected chi connectivity index (χ3v) is 1.81. The standard InChI is InChI=1S/C10H12N2O2/c11-10(14)12-9-6-2-1-4-8(9)5-3-7-13/h1-2,4,6-7H,3,5H2,(H3,11,12,14). The Balaban J connectivity index is 2.79. The average molecular weight is 192 g/mol. The monoisotopic (exact) mass is 192 g/mol. The SMILES string of the molecule is NC(=O)Nc1ccccc1CCC=O. The van der Waals surface area contributed by atoms with Gasteiger partial charge in [-0.05, 0) is 18.1 Å². The molecule has 0 saturated heterocycles. The minimum atomic E-state index is -0.594. The highest BCUT2D eigenvalue weighted by atomic mass is 16.2. The number of nitrogens with two attached hydrogens (primary N) is 1. The summed E-state index contributed by atoms with van der Waals surface area (Å²) in [7, 11) is 0. The second kappa shape index (κ2) is 5.01. The lowest BCUT2D eigenvalue weighted by Crippen LogP contribution is -2.20. The molecule has 0 aliphatic rings. The van der Waals surface area contributed by atoms with Gasteiger partial charge in [0.15, 0.2) is 0 Å². The predicted molar refractivity (Wildman–Crippen MR) is 54.0 cm³/mol. The van der Waals surface area contributed by atoms with Crippen LogP contribution in [0.4, 0.5) is 10.5 Å². The summed E-state index contributed by atoms with van der Waals surface area (Å²) in [6, 6.07) is 6.67. The van der Waals surface area contributed by atoms with Gasteiger partial charge in [-0.3, -0.25) is 0 Å². The summed E-state index contributed by atoms with van der Waals surface area (Å²) in [6.07, 6.45) is 1.90. The number of carbonyl (C=O) groups is 2. The number of anilines is 1. The fraction of sp³-hybridized carbons (Fsp3) is 0.200. The number of primary amides is 1. The smallest absolute Gasteiger partial charge is 0.316 e. The molecule has 0 fully saturated rings. The average Bonchev–Trinajstić information content (AvgIpc) is 2.16. The number of benzene rings is 1. The van der Waals surface area contributed by atoms with Crippen molar-refractivity contribution >= 4 is 18.0 Å².